The van der Waals surface area contributed by atoms with Gasteiger partial charge in [0.1, 0.15) is 5.75 Å². The Morgan fingerprint density at radius 2 is 2.11 bits per heavy atom. The van der Waals surface area contributed by atoms with Crippen LogP contribution in [0.3, 0.4) is 0 Å². The number of hydrogen-bond donors (Lipinski definition) is 1. The topological polar surface area (TPSA) is 45.0 Å². The first-order valence-electron chi connectivity index (χ1n) is 7.23. The van der Waals surface area contributed by atoms with Crippen molar-refractivity contribution >= 4 is 0 Å². The van der Waals surface area contributed by atoms with Gasteiger partial charge in [0.2, 0.25) is 0 Å². The predicted molar refractivity (Wildman–Crippen MR) is 73.8 cm³/mol. The number of ether oxygens (including phenoxy) is 1. The summed E-state index contributed by atoms with van der Waals surface area (Å²) in [5.74, 6) is 1.34. The van der Waals surface area contributed by atoms with Crippen LogP contribution in [0.5, 0.6) is 5.75 Å². The highest BCUT2D eigenvalue weighted by atomic mass is 16.5. The van der Waals surface area contributed by atoms with E-state index in [9.17, 15) is 0 Å². The number of hydrogen-bond acceptors (Lipinski definition) is 3. The summed E-state index contributed by atoms with van der Waals surface area (Å²) in [4.78, 5) is 0. The van der Waals surface area contributed by atoms with Crippen LogP contribution >= 0.6 is 0 Å². The number of nitrogens with zero attached hydrogens (tertiary/aromatic N) is 1. The highest BCUT2D eigenvalue weighted by Crippen LogP contribution is 2.27. The molecule has 0 bridgehead atoms. The van der Waals surface area contributed by atoms with Gasteiger partial charge in [0.15, 0.2) is 0 Å². The predicted octanol–water partition coefficient (Wildman–Crippen LogP) is 2.79. The second-order valence-corrected chi connectivity index (χ2v) is 5.60. The van der Waals surface area contributed by atoms with Gasteiger partial charge in [0.05, 0.1) is 12.7 Å². The summed E-state index contributed by atoms with van der Waals surface area (Å²) in [5, 5.41) is 12.5. The molecule has 19 heavy (non-hydrogen) atoms. The lowest BCUT2D eigenvalue weighted by Crippen LogP contribution is -2.32. The van der Waals surface area contributed by atoms with Crippen LogP contribution < -0.4 is 10.1 Å². The van der Waals surface area contributed by atoms with Crippen molar-refractivity contribution in [2.75, 3.05) is 6.61 Å². The number of nitrogens with one attached hydrogen (secondary N) is 1. The second-order valence-electron chi connectivity index (χ2n) is 5.60. The molecule has 3 nitrogen and oxygen atoms in total. The first kappa shape index (κ1) is 12.5. The second kappa shape index (κ2) is 5.63. The van der Waals surface area contributed by atoms with Crippen LogP contribution in [0.25, 0.3) is 0 Å². The van der Waals surface area contributed by atoms with E-state index in [1.54, 1.807) is 0 Å². The average molecular weight is 256 g/mol. The summed E-state index contributed by atoms with van der Waals surface area (Å²) in [6, 6.07) is 9.46. The van der Waals surface area contributed by atoms with Crippen molar-refractivity contribution in [2.45, 2.75) is 44.7 Å². The number of benzene rings is 1. The van der Waals surface area contributed by atoms with Gasteiger partial charge in [-0.25, -0.2) is 0 Å². The fourth-order valence-corrected chi connectivity index (χ4v) is 3.04. The zero-order valence-electron chi connectivity index (χ0n) is 11.2. The van der Waals surface area contributed by atoms with E-state index in [1.165, 1.54) is 11.1 Å². The molecule has 0 unspecified atom stereocenters. The van der Waals surface area contributed by atoms with Crippen molar-refractivity contribution in [2.24, 2.45) is 5.92 Å². The Bertz CT molecular complexity index is 484. The molecule has 1 N–H and O–H groups in total. The molecule has 1 aromatic rings. The average Bonchev–Trinajstić information content (AvgIpc) is 2.93. The van der Waals surface area contributed by atoms with Gasteiger partial charge in [-0.2, -0.15) is 5.26 Å². The Labute approximate surface area is 114 Å². The van der Waals surface area contributed by atoms with E-state index >= 15 is 0 Å². The van der Waals surface area contributed by atoms with Crippen LogP contribution in [0, 0.1) is 17.2 Å². The minimum absolute atomic E-state index is 0.287. The summed E-state index contributed by atoms with van der Waals surface area (Å²) in [6.07, 6.45) is 5.40. The van der Waals surface area contributed by atoms with Crippen LogP contribution in [-0.2, 0) is 13.0 Å². The van der Waals surface area contributed by atoms with Gasteiger partial charge in [0.25, 0.3) is 0 Å². The Morgan fingerprint density at radius 3 is 2.89 bits per heavy atom. The summed E-state index contributed by atoms with van der Waals surface area (Å²) >= 11 is 0. The van der Waals surface area contributed by atoms with Crippen LogP contribution in [0.4, 0.5) is 0 Å². The molecule has 3 rings (SSSR count). The van der Waals surface area contributed by atoms with Crippen molar-refractivity contribution in [3.8, 4) is 11.8 Å². The summed E-state index contributed by atoms with van der Waals surface area (Å²) in [6.45, 7) is 1.75. The minimum atomic E-state index is 0.287. The van der Waals surface area contributed by atoms with Gasteiger partial charge >= 0.3 is 0 Å². The summed E-state index contributed by atoms with van der Waals surface area (Å²) in [5.41, 5.74) is 2.68. The van der Waals surface area contributed by atoms with E-state index < -0.39 is 0 Å². The Kier molecular flexibility index (Phi) is 3.70. The molecule has 1 aliphatic carbocycles. The van der Waals surface area contributed by atoms with Crippen molar-refractivity contribution in [3.63, 3.8) is 0 Å². The smallest absolute Gasteiger partial charge is 0.122 e. The molecule has 0 radical (unpaired) electrons. The third kappa shape index (κ3) is 2.90. The van der Waals surface area contributed by atoms with E-state index in [-0.39, 0.29) is 5.92 Å². The maximum absolute atomic E-state index is 8.89. The first-order chi connectivity index (χ1) is 9.35. The molecule has 3 heteroatoms. The van der Waals surface area contributed by atoms with Gasteiger partial charge < -0.3 is 10.1 Å². The molecule has 2 aliphatic rings. The van der Waals surface area contributed by atoms with Crippen molar-refractivity contribution in [3.05, 3.63) is 29.3 Å². The van der Waals surface area contributed by atoms with Crippen LogP contribution in [0.1, 0.15) is 36.8 Å². The van der Waals surface area contributed by atoms with E-state index in [1.807, 2.05) is 0 Å². The molecule has 1 fully saturated rings. The molecule has 0 amide bonds. The quantitative estimate of drug-likeness (QED) is 0.904. The molecular weight excluding hydrogens is 236 g/mol. The number of rotatable bonds is 3. The van der Waals surface area contributed by atoms with E-state index in [4.69, 9.17) is 10.00 Å². The van der Waals surface area contributed by atoms with Crippen molar-refractivity contribution in [1.29, 1.82) is 5.26 Å². The standard InChI is InChI=1S/C16H20N2O/c17-10-12-1-4-15(5-2-12)18-11-13-3-6-16-14(9-13)7-8-19-16/h3,6,9,12,15,18H,1-2,4-5,7-8,11H2. The first-order valence-corrected chi connectivity index (χ1v) is 7.23. The van der Waals surface area contributed by atoms with Crippen LogP contribution in [0.2, 0.25) is 0 Å². The molecule has 1 aliphatic heterocycles. The zero-order chi connectivity index (χ0) is 13.1. The molecule has 1 heterocycles. The number of fused-ring (bicyclic) bond motifs is 1. The molecule has 100 valence electrons. The SMILES string of the molecule is N#CC1CCC(NCc2ccc3c(c2)CCO3)CC1. The summed E-state index contributed by atoms with van der Waals surface area (Å²) < 4.78 is 5.52. The van der Waals surface area contributed by atoms with Gasteiger partial charge in [-0.3, -0.25) is 0 Å². The number of nitriles is 1. The van der Waals surface area contributed by atoms with Gasteiger partial charge in [-0.1, -0.05) is 12.1 Å². The zero-order valence-corrected chi connectivity index (χ0v) is 11.2. The van der Waals surface area contributed by atoms with Crippen LogP contribution in [0.15, 0.2) is 18.2 Å². The third-order valence-corrected chi connectivity index (χ3v) is 4.26. The van der Waals surface area contributed by atoms with Gasteiger partial charge in [0, 0.05) is 24.9 Å². The monoisotopic (exact) mass is 256 g/mol. The molecule has 0 saturated heterocycles. The van der Waals surface area contributed by atoms with E-state index in [0.717, 1.165) is 51.0 Å². The molecule has 1 saturated carbocycles. The van der Waals surface area contributed by atoms with Gasteiger partial charge in [-0.15, -0.1) is 0 Å². The molecule has 0 spiro atoms. The fourth-order valence-electron chi connectivity index (χ4n) is 3.04. The molecule has 1 aromatic carbocycles. The lowest BCUT2D eigenvalue weighted by molar-refractivity contribution is 0.331. The van der Waals surface area contributed by atoms with Crippen molar-refractivity contribution in [1.82, 2.24) is 5.32 Å². The van der Waals surface area contributed by atoms with E-state index in [0.29, 0.717) is 6.04 Å². The van der Waals surface area contributed by atoms with Crippen LogP contribution in [-0.4, -0.2) is 12.6 Å². The molecule has 0 aromatic heterocycles. The maximum atomic E-state index is 8.89. The minimum Gasteiger partial charge on any atom is -0.493 e. The lowest BCUT2D eigenvalue weighted by atomic mass is 9.87. The Balaban J connectivity index is 1.51. The Hall–Kier alpha value is -1.53. The third-order valence-electron chi connectivity index (χ3n) is 4.26. The van der Waals surface area contributed by atoms with E-state index in [2.05, 4.69) is 29.6 Å². The maximum Gasteiger partial charge on any atom is 0.122 e. The van der Waals surface area contributed by atoms with Crippen molar-refractivity contribution < 1.29 is 4.74 Å². The molecule has 0 atom stereocenters. The Morgan fingerprint density at radius 1 is 1.26 bits per heavy atom. The normalized spacial score (nSPS) is 25.4. The molecular formula is C16H20N2O. The summed E-state index contributed by atoms with van der Waals surface area (Å²) in [7, 11) is 0. The highest BCUT2D eigenvalue weighted by Gasteiger charge is 2.20. The lowest BCUT2D eigenvalue weighted by Gasteiger charge is -2.25. The van der Waals surface area contributed by atoms with Gasteiger partial charge in [-0.05, 0) is 42.9 Å². The largest absolute Gasteiger partial charge is 0.493 e. The highest BCUT2D eigenvalue weighted by molar-refractivity contribution is 5.39. The fraction of sp³-hybridized carbons (Fsp3) is 0.562.